The fraction of sp³-hybridized carbons (Fsp3) is 0.867. The van der Waals surface area contributed by atoms with E-state index in [0.717, 1.165) is 12.8 Å². The number of carbonyl (C=O) groups excluding carboxylic acids is 2. The number of halogens is 3. The Morgan fingerprint density at radius 3 is 2.30 bits per heavy atom. The number of nitrogens with zero attached hydrogens (tertiary/aromatic N) is 1. The lowest BCUT2D eigenvalue weighted by atomic mass is 9.81. The molecular weight excluding hydrogens is 313 g/mol. The molecule has 0 aromatic heterocycles. The van der Waals surface area contributed by atoms with Gasteiger partial charge in [-0.3, -0.25) is 9.59 Å². The highest BCUT2D eigenvalue weighted by atomic mass is 19.4. The highest BCUT2D eigenvalue weighted by Crippen LogP contribution is 2.30. The lowest BCUT2D eigenvalue weighted by Gasteiger charge is -2.38. The van der Waals surface area contributed by atoms with Crippen molar-refractivity contribution in [1.82, 2.24) is 10.2 Å². The number of carbonyl (C=O) groups is 2. The van der Waals surface area contributed by atoms with Gasteiger partial charge in [0, 0.05) is 32.7 Å². The summed E-state index contributed by atoms with van der Waals surface area (Å²) in [4.78, 5) is 24.4. The van der Waals surface area contributed by atoms with E-state index >= 15 is 0 Å². The summed E-state index contributed by atoms with van der Waals surface area (Å²) < 4.78 is 35.8. The number of amides is 2. The van der Waals surface area contributed by atoms with Crippen LogP contribution in [0.2, 0.25) is 0 Å². The first-order valence-corrected chi connectivity index (χ1v) is 7.92. The molecule has 0 saturated carbocycles. The van der Waals surface area contributed by atoms with E-state index in [1.807, 2.05) is 6.92 Å². The van der Waals surface area contributed by atoms with Gasteiger partial charge in [0.25, 0.3) is 0 Å². The Morgan fingerprint density at radius 1 is 1.17 bits per heavy atom. The van der Waals surface area contributed by atoms with Gasteiger partial charge in [-0.05, 0) is 31.1 Å². The summed E-state index contributed by atoms with van der Waals surface area (Å²) >= 11 is 0. The van der Waals surface area contributed by atoms with Crippen LogP contribution in [0.15, 0.2) is 0 Å². The van der Waals surface area contributed by atoms with E-state index in [4.69, 9.17) is 0 Å². The van der Waals surface area contributed by atoms with Crippen LogP contribution in [-0.2, 0) is 9.59 Å². The standard InChI is InChI=1S/C15H25F3N2O3/c1-14(11-21)6-9-20(10-7-14)12(22)5-3-2-4-8-19-13(23)15(16,17)18/h21H,2-11H2,1H3,(H,19,23). The second-order valence-corrected chi connectivity index (χ2v) is 6.41. The number of aliphatic hydroxyl groups is 1. The van der Waals surface area contributed by atoms with Crippen molar-refractivity contribution in [3.8, 4) is 0 Å². The number of piperidine rings is 1. The van der Waals surface area contributed by atoms with Crippen LogP contribution in [0.5, 0.6) is 0 Å². The molecular formula is C15H25F3N2O3. The second kappa shape index (κ2) is 8.52. The van der Waals surface area contributed by atoms with Crippen LogP contribution < -0.4 is 5.32 Å². The molecule has 0 unspecified atom stereocenters. The van der Waals surface area contributed by atoms with Crippen LogP contribution in [-0.4, -0.2) is 54.2 Å². The van der Waals surface area contributed by atoms with Gasteiger partial charge in [0.05, 0.1) is 0 Å². The monoisotopic (exact) mass is 338 g/mol. The third kappa shape index (κ3) is 6.76. The van der Waals surface area contributed by atoms with Gasteiger partial charge in [-0.1, -0.05) is 13.3 Å². The van der Waals surface area contributed by atoms with Gasteiger partial charge in [-0.25, -0.2) is 0 Å². The lowest BCUT2D eigenvalue weighted by molar-refractivity contribution is -0.173. The molecule has 134 valence electrons. The lowest BCUT2D eigenvalue weighted by Crippen LogP contribution is -2.43. The minimum Gasteiger partial charge on any atom is -0.396 e. The Kier molecular flexibility index (Phi) is 7.31. The van der Waals surface area contributed by atoms with Crippen molar-refractivity contribution in [1.29, 1.82) is 0 Å². The Hall–Kier alpha value is -1.31. The highest BCUT2D eigenvalue weighted by molar-refractivity contribution is 5.81. The van der Waals surface area contributed by atoms with Crippen molar-refractivity contribution >= 4 is 11.8 Å². The van der Waals surface area contributed by atoms with Gasteiger partial charge in [0.2, 0.25) is 5.91 Å². The zero-order valence-electron chi connectivity index (χ0n) is 13.4. The Balaban J connectivity index is 2.10. The molecule has 1 rings (SSSR count). The molecule has 0 spiro atoms. The van der Waals surface area contributed by atoms with Gasteiger partial charge >= 0.3 is 12.1 Å². The van der Waals surface area contributed by atoms with Crippen LogP contribution in [0.25, 0.3) is 0 Å². The van der Waals surface area contributed by atoms with Gasteiger partial charge in [0.1, 0.15) is 0 Å². The van der Waals surface area contributed by atoms with Crippen molar-refractivity contribution in [2.24, 2.45) is 5.41 Å². The first-order chi connectivity index (χ1) is 10.7. The maximum absolute atomic E-state index is 12.0. The largest absolute Gasteiger partial charge is 0.471 e. The number of rotatable bonds is 7. The van der Waals surface area contributed by atoms with Crippen LogP contribution in [0.1, 0.15) is 45.4 Å². The molecule has 1 fully saturated rings. The zero-order chi connectivity index (χ0) is 17.5. The first kappa shape index (κ1) is 19.7. The molecule has 5 nitrogen and oxygen atoms in total. The average Bonchev–Trinajstić information content (AvgIpc) is 2.50. The van der Waals surface area contributed by atoms with Gasteiger partial charge < -0.3 is 15.3 Å². The molecule has 0 aromatic rings. The number of hydrogen-bond acceptors (Lipinski definition) is 3. The van der Waals surface area contributed by atoms with Crippen LogP contribution >= 0.6 is 0 Å². The first-order valence-electron chi connectivity index (χ1n) is 7.92. The number of nitrogens with one attached hydrogen (secondary N) is 1. The summed E-state index contributed by atoms with van der Waals surface area (Å²) in [5.41, 5.74) is -0.104. The molecule has 0 atom stereocenters. The molecule has 2 N–H and O–H groups in total. The number of unbranched alkanes of at least 4 members (excludes halogenated alkanes) is 2. The summed E-state index contributed by atoms with van der Waals surface area (Å²) in [5.74, 6) is -1.88. The van der Waals surface area contributed by atoms with E-state index in [-0.39, 0.29) is 24.5 Å². The molecule has 1 aliphatic heterocycles. The number of likely N-dealkylation sites (tertiary alicyclic amines) is 1. The maximum Gasteiger partial charge on any atom is 0.471 e. The summed E-state index contributed by atoms with van der Waals surface area (Å²) in [6.07, 6.45) is -1.33. The fourth-order valence-corrected chi connectivity index (χ4v) is 2.49. The van der Waals surface area contributed by atoms with E-state index in [9.17, 15) is 27.9 Å². The van der Waals surface area contributed by atoms with E-state index in [2.05, 4.69) is 0 Å². The molecule has 0 bridgehead atoms. The van der Waals surface area contributed by atoms with E-state index < -0.39 is 12.1 Å². The molecule has 1 heterocycles. The van der Waals surface area contributed by atoms with E-state index in [1.54, 1.807) is 10.2 Å². The van der Waals surface area contributed by atoms with Gasteiger partial charge in [0.15, 0.2) is 0 Å². The van der Waals surface area contributed by atoms with Gasteiger partial charge in [-0.15, -0.1) is 0 Å². The summed E-state index contributed by atoms with van der Waals surface area (Å²) in [6.45, 7) is 3.36. The smallest absolute Gasteiger partial charge is 0.396 e. The molecule has 2 amide bonds. The van der Waals surface area contributed by atoms with Gasteiger partial charge in [-0.2, -0.15) is 13.2 Å². The Labute approximate surface area is 134 Å². The molecule has 8 heteroatoms. The van der Waals surface area contributed by atoms with Crippen molar-refractivity contribution in [2.75, 3.05) is 26.2 Å². The predicted octanol–water partition coefficient (Wildman–Crippen LogP) is 1.85. The van der Waals surface area contributed by atoms with Crippen molar-refractivity contribution < 1.29 is 27.9 Å². The zero-order valence-corrected chi connectivity index (χ0v) is 13.4. The molecule has 1 aliphatic rings. The SMILES string of the molecule is CC1(CO)CCN(C(=O)CCCCCNC(=O)C(F)(F)F)CC1. The number of hydrogen-bond donors (Lipinski definition) is 2. The summed E-state index contributed by atoms with van der Waals surface area (Å²) in [7, 11) is 0. The number of alkyl halides is 3. The second-order valence-electron chi connectivity index (χ2n) is 6.41. The van der Waals surface area contributed by atoms with Crippen molar-refractivity contribution in [3.05, 3.63) is 0 Å². The molecule has 1 saturated heterocycles. The topological polar surface area (TPSA) is 69.6 Å². The fourth-order valence-electron chi connectivity index (χ4n) is 2.49. The molecule has 23 heavy (non-hydrogen) atoms. The van der Waals surface area contributed by atoms with E-state index in [0.29, 0.717) is 38.8 Å². The predicted molar refractivity (Wildman–Crippen MR) is 78.5 cm³/mol. The third-order valence-corrected chi connectivity index (χ3v) is 4.32. The van der Waals surface area contributed by atoms with Crippen LogP contribution in [0, 0.1) is 5.41 Å². The summed E-state index contributed by atoms with van der Waals surface area (Å²) in [5, 5.41) is 11.1. The highest BCUT2D eigenvalue weighted by Gasteiger charge is 2.38. The van der Waals surface area contributed by atoms with Crippen LogP contribution in [0.4, 0.5) is 13.2 Å². The minimum atomic E-state index is -4.84. The van der Waals surface area contributed by atoms with Crippen LogP contribution in [0.3, 0.4) is 0 Å². The minimum absolute atomic E-state index is 0.0366. The molecule has 0 aliphatic carbocycles. The normalized spacial score (nSPS) is 17.9. The van der Waals surface area contributed by atoms with E-state index in [1.165, 1.54) is 0 Å². The van der Waals surface area contributed by atoms with Crippen molar-refractivity contribution in [3.63, 3.8) is 0 Å². The Bertz CT molecular complexity index is 405. The molecule has 0 aromatic carbocycles. The summed E-state index contributed by atoms with van der Waals surface area (Å²) in [6, 6.07) is 0. The third-order valence-electron chi connectivity index (χ3n) is 4.32. The van der Waals surface area contributed by atoms with Crippen molar-refractivity contribution in [2.45, 2.75) is 51.6 Å². The quantitative estimate of drug-likeness (QED) is 0.696. The average molecular weight is 338 g/mol. The number of aliphatic hydroxyl groups excluding tert-OH is 1. The maximum atomic E-state index is 12.0. The Morgan fingerprint density at radius 2 is 1.78 bits per heavy atom. The molecule has 0 radical (unpaired) electrons.